The predicted octanol–water partition coefficient (Wildman–Crippen LogP) is 2.41. The number of amides is 2. The molecule has 1 atom stereocenters. The number of sulfonamides is 1. The highest BCUT2D eigenvalue weighted by atomic mass is 32.2. The average molecular weight is 492 g/mol. The fraction of sp³-hybridized carbons (Fsp3) is 0.417. The molecule has 1 unspecified atom stereocenters. The summed E-state index contributed by atoms with van der Waals surface area (Å²) in [6.45, 7) is 3.66. The summed E-state index contributed by atoms with van der Waals surface area (Å²) in [5.74, 6) is 0.272. The zero-order valence-corrected chi connectivity index (χ0v) is 21.1. The lowest BCUT2D eigenvalue weighted by atomic mass is 10.1. The van der Waals surface area contributed by atoms with Crippen molar-refractivity contribution < 1.29 is 27.5 Å². The first-order valence-electron chi connectivity index (χ1n) is 11.0. The smallest absolute Gasteiger partial charge is 0.244 e. The van der Waals surface area contributed by atoms with Crippen molar-refractivity contribution >= 4 is 27.5 Å². The highest BCUT2D eigenvalue weighted by Crippen LogP contribution is 2.24. The van der Waals surface area contributed by atoms with Crippen LogP contribution in [-0.2, 0) is 26.2 Å². The zero-order chi connectivity index (χ0) is 25.3. The predicted molar refractivity (Wildman–Crippen MR) is 131 cm³/mol. The monoisotopic (exact) mass is 491 g/mol. The molecule has 2 rings (SSSR count). The molecule has 0 heterocycles. The Kier molecular flexibility index (Phi) is 9.73. The van der Waals surface area contributed by atoms with Gasteiger partial charge in [-0.25, -0.2) is 8.42 Å². The van der Waals surface area contributed by atoms with Crippen LogP contribution in [0.5, 0.6) is 11.5 Å². The van der Waals surface area contributed by atoms with Crippen molar-refractivity contribution in [1.29, 1.82) is 0 Å². The van der Waals surface area contributed by atoms with Gasteiger partial charge in [0.2, 0.25) is 21.8 Å². The maximum absolute atomic E-state index is 13.6. The van der Waals surface area contributed by atoms with E-state index in [0.717, 1.165) is 16.1 Å². The number of nitrogens with one attached hydrogen (secondary N) is 1. The van der Waals surface area contributed by atoms with Crippen LogP contribution in [0, 0.1) is 0 Å². The Morgan fingerprint density at radius 1 is 1.00 bits per heavy atom. The lowest BCUT2D eigenvalue weighted by Crippen LogP contribution is -2.52. The zero-order valence-electron chi connectivity index (χ0n) is 20.3. The van der Waals surface area contributed by atoms with Gasteiger partial charge in [-0.3, -0.25) is 13.9 Å². The van der Waals surface area contributed by atoms with Gasteiger partial charge in [-0.05, 0) is 43.2 Å². The van der Waals surface area contributed by atoms with E-state index in [1.165, 1.54) is 12.0 Å². The van der Waals surface area contributed by atoms with Crippen LogP contribution in [0.2, 0.25) is 0 Å². The molecule has 10 heteroatoms. The number of hydrogen-bond donors (Lipinski definition) is 1. The number of nitrogens with zero attached hydrogens (tertiary/aromatic N) is 2. The third-order valence-electron chi connectivity index (χ3n) is 5.24. The van der Waals surface area contributed by atoms with E-state index in [1.54, 1.807) is 56.5 Å². The minimum absolute atomic E-state index is 0.112. The van der Waals surface area contributed by atoms with Gasteiger partial charge in [0.05, 0.1) is 26.2 Å². The quantitative estimate of drug-likeness (QED) is 0.489. The largest absolute Gasteiger partial charge is 0.497 e. The van der Waals surface area contributed by atoms with E-state index in [2.05, 4.69) is 5.32 Å². The number of benzene rings is 2. The number of ether oxygens (including phenoxy) is 2. The maximum Gasteiger partial charge on any atom is 0.244 e. The normalized spacial score (nSPS) is 11.9. The van der Waals surface area contributed by atoms with Gasteiger partial charge in [-0.2, -0.15) is 0 Å². The number of likely N-dealkylation sites (N-methyl/N-ethyl adjacent to an activating group) is 1. The molecule has 0 fully saturated rings. The van der Waals surface area contributed by atoms with Crippen molar-refractivity contribution in [2.45, 2.75) is 32.9 Å². The number of rotatable bonds is 12. The van der Waals surface area contributed by atoms with Crippen molar-refractivity contribution in [2.75, 3.05) is 37.9 Å². The van der Waals surface area contributed by atoms with E-state index in [-0.39, 0.29) is 12.5 Å². The number of methoxy groups -OCH3 is 2. The van der Waals surface area contributed by atoms with Crippen molar-refractivity contribution in [2.24, 2.45) is 0 Å². The van der Waals surface area contributed by atoms with Crippen LogP contribution in [0.1, 0.15) is 25.8 Å². The number of carbonyl (C=O) groups is 2. The van der Waals surface area contributed by atoms with Gasteiger partial charge in [0, 0.05) is 19.2 Å². The molecule has 2 aromatic rings. The third-order valence-corrected chi connectivity index (χ3v) is 6.39. The molecule has 0 radical (unpaired) electrons. The Bertz CT molecular complexity index is 1090. The summed E-state index contributed by atoms with van der Waals surface area (Å²) >= 11 is 0. The highest BCUT2D eigenvalue weighted by molar-refractivity contribution is 7.92. The summed E-state index contributed by atoms with van der Waals surface area (Å²) < 4.78 is 36.7. The molecule has 2 amide bonds. The summed E-state index contributed by atoms with van der Waals surface area (Å²) in [6, 6.07) is 12.9. The van der Waals surface area contributed by atoms with Gasteiger partial charge < -0.3 is 19.7 Å². The second-order valence-electron chi connectivity index (χ2n) is 7.66. The van der Waals surface area contributed by atoms with Crippen molar-refractivity contribution in [3.05, 3.63) is 54.1 Å². The van der Waals surface area contributed by atoms with Crippen LogP contribution >= 0.6 is 0 Å². The van der Waals surface area contributed by atoms with Gasteiger partial charge in [-0.1, -0.05) is 25.1 Å². The van der Waals surface area contributed by atoms with Crippen molar-refractivity contribution in [3.8, 4) is 11.5 Å². The molecule has 0 aromatic heterocycles. The van der Waals surface area contributed by atoms with Gasteiger partial charge in [0.15, 0.2) is 0 Å². The molecule has 0 aliphatic rings. The fourth-order valence-electron chi connectivity index (χ4n) is 3.56. The Hall–Kier alpha value is -3.27. The molecule has 0 bridgehead atoms. The molecule has 0 aliphatic heterocycles. The van der Waals surface area contributed by atoms with Crippen LogP contribution in [0.15, 0.2) is 48.5 Å². The van der Waals surface area contributed by atoms with Gasteiger partial charge in [0.1, 0.15) is 24.1 Å². The van der Waals surface area contributed by atoms with Crippen LogP contribution < -0.4 is 19.1 Å². The van der Waals surface area contributed by atoms with E-state index < -0.39 is 28.5 Å². The second-order valence-corrected chi connectivity index (χ2v) is 9.57. The first-order valence-corrected chi connectivity index (χ1v) is 12.8. The molecule has 0 saturated heterocycles. The van der Waals surface area contributed by atoms with Gasteiger partial charge >= 0.3 is 0 Å². The molecule has 9 nitrogen and oxygen atoms in total. The molecule has 0 aliphatic carbocycles. The summed E-state index contributed by atoms with van der Waals surface area (Å²) in [6.07, 6.45) is 1.40. The Labute approximate surface area is 201 Å². The standard InChI is InChI=1S/C24H33N3O6S/c1-6-22(24(29)25-7-2)26(16-18-10-8-12-20(14-18)32-3)23(28)17-27(34(5,30)31)19-11-9-13-21(15-19)33-4/h8-15,22H,6-7,16-17H2,1-5H3,(H,25,29). The molecule has 2 aromatic carbocycles. The molecule has 0 spiro atoms. The number of carbonyl (C=O) groups excluding carboxylic acids is 2. The lowest BCUT2D eigenvalue weighted by Gasteiger charge is -2.32. The van der Waals surface area contributed by atoms with E-state index in [9.17, 15) is 18.0 Å². The lowest BCUT2D eigenvalue weighted by molar-refractivity contribution is -0.140. The van der Waals surface area contributed by atoms with Gasteiger partial charge in [-0.15, -0.1) is 0 Å². The van der Waals surface area contributed by atoms with Crippen LogP contribution in [0.4, 0.5) is 5.69 Å². The van der Waals surface area contributed by atoms with Crippen LogP contribution in [-0.4, -0.2) is 64.7 Å². The average Bonchev–Trinajstić information content (AvgIpc) is 2.81. The molecule has 186 valence electrons. The molecule has 1 N–H and O–H groups in total. The molecule has 34 heavy (non-hydrogen) atoms. The van der Waals surface area contributed by atoms with Gasteiger partial charge in [0.25, 0.3) is 0 Å². The highest BCUT2D eigenvalue weighted by Gasteiger charge is 2.31. The van der Waals surface area contributed by atoms with E-state index in [1.807, 2.05) is 13.0 Å². The Balaban J connectivity index is 2.45. The molecule has 0 saturated carbocycles. The second kappa shape index (κ2) is 12.3. The minimum atomic E-state index is -3.81. The Morgan fingerprint density at radius 3 is 2.18 bits per heavy atom. The Morgan fingerprint density at radius 2 is 1.62 bits per heavy atom. The third kappa shape index (κ3) is 7.11. The van der Waals surface area contributed by atoms with E-state index >= 15 is 0 Å². The van der Waals surface area contributed by atoms with E-state index in [4.69, 9.17) is 9.47 Å². The SMILES string of the molecule is CCNC(=O)C(CC)N(Cc1cccc(OC)c1)C(=O)CN(c1cccc(OC)c1)S(C)(=O)=O. The number of hydrogen-bond acceptors (Lipinski definition) is 6. The molecular formula is C24H33N3O6S. The van der Waals surface area contributed by atoms with Crippen molar-refractivity contribution in [3.63, 3.8) is 0 Å². The topological polar surface area (TPSA) is 105 Å². The maximum atomic E-state index is 13.6. The first-order chi connectivity index (χ1) is 16.1. The summed E-state index contributed by atoms with van der Waals surface area (Å²) in [5, 5.41) is 2.76. The minimum Gasteiger partial charge on any atom is -0.497 e. The summed E-state index contributed by atoms with van der Waals surface area (Å²) in [5.41, 5.74) is 1.05. The summed E-state index contributed by atoms with van der Waals surface area (Å²) in [7, 11) is -0.788. The molecular weight excluding hydrogens is 458 g/mol. The van der Waals surface area contributed by atoms with Crippen molar-refractivity contribution in [1.82, 2.24) is 10.2 Å². The van der Waals surface area contributed by atoms with Crippen LogP contribution in [0.3, 0.4) is 0 Å². The fourth-order valence-corrected chi connectivity index (χ4v) is 4.40. The first kappa shape index (κ1) is 27.0. The summed E-state index contributed by atoms with van der Waals surface area (Å²) in [4.78, 5) is 27.8. The van der Waals surface area contributed by atoms with E-state index in [0.29, 0.717) is 30.2 Å². The van der Waals surface area contributed by atoms with Crippen LogP contribution in [0.25, 0.3) is 0 Å². The number of anilines is 1.